The lowest BCUT2D eigenvalue weighted by molar-refractivity contribution is -0.363. The van der Waals surface area contributed by atoms with E-state index in [9.17, 15) is 4.39 Å². The van der Waals surface area contributed by atoms with E-state index in [1.807, 2.05) is 0 Å². The first-order chi connectivity index (χ1) is 4.20. The van der Waals surface area contributed by atoms with E-state index >= 15 is 0 Å². The van der Waals surface area contributed by atoms with Crippen LogP contribution in [-0.2, 0) is 0 Å². The van der Waals surface area contributed by atoms with Crippen LogP contribution in [0.25, 0.3) is 0 Å². The van der Waals surface area contributed by atoms with Crippen molar-refractivity contribution in [3.05, 3.63) is 23.6 Å². The summed E-state index contributed by atoms with van der Waals surface area (Å²) in [5.41, 5.74) is 5.99. The summed E-state index contributed by atoms with van der Waals surface area (Å²) in [6.45, 7) is 1.79. The highest BCUT2D eigenvalue weighted by Crippen LogP contribution is 2.02. The Balaban J connectivity index is 3.17. The molecule has 0 bridgehead atoms. The van der Waals surface area contributed by atoms with Gasteiger partial charge in [0.2, 0.25) is 5.82 Å². The average Bonchev–Trinajstić information content (AvgIpc) is 1.80. The molecule has 2 nitrogen and oxygen atoms in total. The van der Waals surface area contributed by atoms with Gasteiger partial charge in [-0.3, -0.25) is 5.73 Å². The van der Waals surface area contributed by atoms with E-state index in [4.69, 9.17) is 5.73 Å². The number of H-pyrrole nitrogens is 1. The number of hydrogen-bond donors (Lipinski definition) is 1. The number of nitrogen functional groups attached to an aromatic ring is 1. The third kappa shape index (κ3) is 1.16. The topological polar surface area (TPSA) is 40.2 Å². The highest BCUT2D eigenvalue weighted by Gasteiger charge is 2.01. The molecule has 3 N–H and O–H groups in total. The summed E-state index contributed by atoms with van der Waals surface area (Å²) in [6, 6.07) is 1.38. The zero-order chi connectivity index (χ0) is 6.85. The Morgan fingerprint density at radius 1 is 1.67 bits per heavy atom. The van der Waals surface area contributed by atoms with Crippen LogP contribution in [0.2, 0.25) is 0 Å². The predicted octanol–water partition coefficient (Wildman–Crippen LogP) is 0.530. The Morgan fingerprint density at radius 2 is 2.33 bits per heavy atom. The second kappa shape index (κ2) is 2.01. The number of anilines is 1. The molecular weight excluding hydrogens is 119 g/mol. The number of pyridine rings is 1. The number of aryl methyl sites for hydroxylation is 1. The maximum Gasteiger partial charge on any atom is 0.306 e. The van der Waals surface area contributed by atoms with Crippen LogP contribution < -0.4 is 10.7 Å². The quantitative estimate of drug-likeness (QED) is 0.542. The van der Waals surface area contributed by atoms with Crippen molar-refractivity contribution < 1.29 is 9.37 Å². The van der Waals surface area contributed by atoms with E-state index in [0.29, 0.717) is 0 Å². The van der Waals surface area contributed by atoms with Gasteiger partial charge in [-0.05, 0) is 18.6 Å². The van der Waals surface area contributed by atoms with Gasteiger partial charge in [0.25, 0.3) is 0 Å². The molecule has 0 aliphatic carbocycles. The minimum Gasteiger partial charge on any atom is -0.285 e. The maximum absolute atomic E-state index is 12.4. The van der Waals surface area contributed by atoms with Crippen LogP contribution in [-0.4, -0.2) is 0 Å². The molecule has 0 aliphatic heterocycles. The lowest BCUT2D eigenvalue weighted by Gasteiger charge is -1.89. The van der Waals surface area contributed by atoms with Gasteiger partial charge < -0.3 is 0 Å². The molecule has 0 saturated heterocycles. The summed E-state index contributed by atoms with van der Waals surface area (Å²) in [4.78, 5) is 2.57. The molecule has 1 aromatic rings. The highest BCUT2D eigenvalue weighted by molar-refractivity contribution is 5.24. The highest BCUT2D eigenvalue weighted by atomic mass is 19.1. The minimum atomic E-state index is -0.394. The molecule has 0 atom stereocenters. The molecular formula is C6H8FN2+. The number of aromatic amines is 1. The van der Waals surface area contributed by atoms with Crippen LogP contribution in [0.4, 0.5) is 10.2 Å². The summed E-state index contributed by atoms with van der Waals surface area (Å²) in [6.07, 6.45) is 1.65. The van der Waals surface area contributed by atoms with Gasteiger partial charge in [-0.1, -0.05) is 0 Å². The molecule has 1 aromatic heterocycles. The SMILES string of the molecule is Cc1c[nH+]c(N)c(F)c1. The average molecular weight is 127 g/mol. The molecule has 0 unspecified atom stereocenters. The summed E-state index contributed by atoms with van der Waals surface area (Å²) in [5.74, 6) is -0.310. The van der Waals surface area contributed by atoms with Crippen molar-refractivity contribution in [2.45, 2.75) is 6.92 Å². The van der Waals surface area contributed by atoms with Crippen molar-refractivity contribution in [3.8, 4) is 0 Å². The van der Waals surface area contributed by atoms with Crippen molar-refractivity contribution in [3.63, 3.8) is 0 Å². The molecule has 0 aliphatic rings. The fourth-order valence-electron chi connectivity index (χ4n) is 0.580. The van der Waals surface area contributed by atoms with E-state index in [1.54, 1.807) is 13.1 Å². The van der Waals surface area contributed by atoms with E-state index < -0.39 is 5.82 Å². The van der Waals surface area contributed by atoms with E-state index in [0.717, 1.165) is 5.56 Å². The standard InChI is InChI=1S/C6H7FN2/c1-4-2-5(7)6(8)9-3-4/h2-3H,1H3,(H2,8,9)/p+1. The monoisotopic (exact) mass is 127 g/mol. The van der Waals surface area contributed by atoms with Crippen LogP contribution in [0.5, 0.6) is 0 Å². The van der Waals surface area contributed by atoms with Crippen molar-refractivity contribution in [2.24, 2.45) is 0 Å². The maximum atomic E-state index is 12.4. The fourth-order valence-corrected chi connectivity index (χ4v) is 0.580. The Hall–Kier alpha value is -1.12. The molecule has 1 heterocycles. The van der Waals surface area contributed by atoms with Gasteiger partial charge in [0.15, 0.2) is 0 Å². The van der Waals surface area contributed by atoms with Crippen molar-refractivity contribution in [1.29, 1.82) is 0 Å². The van der Waals surface area contributed by atoms with Gasteiger partial charge in [0.05, 0.1) is 6.20 Å². The van der Waals surface area contributed by atoms with Crippen molar-refractivity contribution in [2.75, 3.05) is 5.73 Å². The number of hydrogen-bond acceptors (Lipinski definition) is 1. The molecule has 9 heavy (non-hydrogen) atoms. The first-order valence-electron chi connectivity index (χ1n) is 2.63. The van der Waals surface area contributed by atoms with Crippen molar-refractivity contribution >= 4 is 5.82 Å². The van der Waals surface area contributed by atoms with Crippen LogP contribution in [0.15, 0.2) is 12.3 Å². The Kier molecular flexibility index (Phi) is 1.34. The molecule has 0 aromatic carbocycles. The molecule has 0 spiro atoms. The molecule has 1 rings (SSSR count). The number of nitrogens with two attached hydrogens (primary N) is 1. The number of halogens is 1. The van der Waals surface area contributed by atoms with Gasteiger partial charge in [-0.15, -0.1) is 0 Å². The smallest absolute Gasteiger partial charge is 0.285 e. The molecule has 0 radical (unpaired) electrons. The molecule has 0 amide bonds. The van der Waals surface area contributed by atoms with E-state index in [-0.39, 0.29) is 5.82 Å². The number of aromatic nitrogens is 1. The Labute approximate surface area is 52.5 Å². The predicted molar refractivity (Wildman–Crippen MR) is 32.1 cm³/mol. The lowest BCUT2D eigenvalue weighted by Crippen LogP contribution is -2.12. The van der Waals surface area contributed by atoms with Gasteiger partial charge in [-0.25, -0.2) is 4.98 Å². The van der Waals surface area contributed by atoms with Crippen molar-refractivity contribution in [1.82, 2.24) is 0 Å². The second-order valence-corrected chi connectivity index (χ2v) is 1.94. The largest absolute Gasteiger partial charge is 0.306 e. The third-order valence-corrected chi connectivity index (χ3v) is 1.07. The zero-order valence-electron chi connectivity index (χ0n) is 5.11. The molecule has 0 fully saturated rings. The van der Waals surface area contributed by atoms with E-state index in [2.05, 4.69) is 4.98 Å². The summed E-state index contributed by atoms with van der Waals surface area (Å²) in [7, 11) is 0. The first kappa shape index (κ1) is 6.01. The van der Waals surface area contributed by atoms with Gasteiger partial charge in [0, 0.05) is 0 Å². The summed E-state index contributed by atoms with van der Waals surface area (Å²) >= 11 is 0. The van der Waals surface area contributed by atoms with Gasteiger partial charge in [-0.2, -0.15) is 4.39 Å². The first-order valence-corrected chi connectivity index (χ1v) is 2.63. The molecule has 0 saturated carbocycles. The van der Waals surface area contributed by atoms with Gasteiger partial charge >= 0.3 is 5.82 Å². The van der Waals surface area contributed by atoms with Crippen LogP contribution >= 0.6 is 0 Å². The second-order valence-electron chi connectivity index (χ2n) is 1.94. The van der Waals surface area contributed by atoms with Crippen LogP contribution in [0.1, 0.15) is 5.56 Å². The minimum absolute atomic E-state index is 0.0839. The normalized spacial score (nSPS) is 9.56. The van der Waals surface area contributed by atoms with Crippen LogP contribution in [0.3, 0.4) is 0 Å². The number of nitrogens with one attached hydrogen (secondary N) is 1. The van der Waals surface area contributed by atoms with Gasteiger partial charge in [0.1, 0.15) is 0 Å². The third-order valence-electron chi connectivity index (χ3n) is 1.07. The van der Waals surface area contributed by atoms with Crippen LogP contribution in [0, 0.1) is 12.7 Å². The molecule has 48 valence electrons. The lowest BCUT2D eigenvalue weighted by atomic mass is 10.3. The Morgan fingerprint density at radius 3 is 2.78 bits per heavy atom. The summed E-state index contributed by atoms with van der Waals surface area (Å²) in [5, 5.41) is 0. The summed E-state index contributed by atoms with van der Waals surface area (Å²) < 4.78 is 12.4. The van der Waals surface area contributed by atoms with E-state index in [1.165, 1.54) is 6.07 Å². The fraction of sp³-hybridized carbons (Fsp3) is 0.167. The number of rotatable bonds is 0. The molecule has 3 heteroatoms. The Bertz CT molecular complexity index is 222. The zero-order valence-corrected chi connectivity index (χ0v) is 5.11.